The third-order valence-electron chi connectivity index (χ3n) is 11.2. The summed E-state index contributed by atoms with van der Waals surface area (Å²) in [4.78, 5) is 30.1. The van der Waals surface area contributed by atoms with E-state index in [9.17, 15) is 14.7 Å². The highest BCUT2D eigenvalue weighted by atomic mass is 16.4. The van der Waals surface area contributed by atoms with Gasteiger partial charge in [0.25, 0.3) is 5.91 Å². The molecule has 196 valence electrons. The smallest absolute Gasteiger partial charge is 0.335 e. The predicted octanol–water partition coefficient (Wildman–Crippen LogP) is 4.59. The Morgan fingerprint density at radius 1 is 1.16 bits per heavy atom. The second-order valence-corrected chi connectivity index (χ2v) is 12.6. The van der Waals surface area contributed by atoms with Gasteiger partial charge in [-0.3, -0.25) is 9.69 Å². The number of carbonyl (C=O) groups excluding carboxylic acids is 1. The van der Waals surface area contributed by atoms with Crippen LogP contribution in [-0.4, -0.2) is 52.5 Å². The molecule has 2 aromatic rings. The Morgan fingerprint density at radius 3 is 2.73 bits per heavy atom. The molecular formula is C31H38N2O4. The van der Waals surface area contributed by atoms with Gasteiger partial charge < -0.3 is 14.4 Å². The molecule has 2 bridgehead atoms. The molecule has 3 heterocycles. The minimum Gasteiger partial charge on any atom is -0.508 e. The summed E-state index contributed by atoms with van der Waals surface area (Å²) in [6.45, 7) is 7.80. The van der Waals surface area contributed by atoms with Gasteiger partial charge >= 0.3 is 5.63 Å². The van der Waals surface area contributed by atoms with Gasteiger partial charge in [0.05, 0.1) is 5.56 Å². The largest absolute Gasteiger partial charge is 0.508 e. The number of hydrogen-bond acceptors (Lipinski definition) is 5. The maximum atomic E-state index is 13.7. The van der Waals surface area contributed by atoms with Crippen molar-refractivity contribution < 1.29 is 14.3 Å². The van der Waals surface area contributed by atoms with Crippen molar-refractivity contribution in [2.75, 3.05) is 19.6 Å². The lowest BCUT2D eigenvalue weighted by Gasteiger charge is -2.63. The number of phenols is 1. The Hall–Kier alpha value is -2.60. The average molecular weight is 503 g/mol. The van der Waals surface area contributed by atoms with Crippen LogP contribution in [0.25, 0.3) is 0 Å². The summed E-state index contributed by atoms with van der Waals surface area (Å²) in [6, 6.07) is 9.68. The van der Waals surface area contributed by atoms with Crippen LogP contribution in [0, 0.1) is 23.2 Å². The Morgan fingerprint density at radius 2 is 2.00 bits per heavy atom. The molecule has 5 aliphatic rings. The van der Waals surface area contributed by atoms with Crippen molar-refractivity contribution in [3.63, 3.8) is 0 Å². The van der Waals surface area contributed by atoms with Gasteiger partial charge in [-0.15, -0.1) is 0 Å². The molecule has 3 aliphatic carbocycles. The molecule has 6 nitrogen and oxygen atoms in total. The summed E-state index contributed by atoms with van der Waals surface area (Å²) >= 11 is 0. The van der Waals surface area contributed by atoms with Crippen LogP contribution < -0.4 is 5.63 Å². The summed E-state index contributed by atoms with van der Waals surface area (Å²) in [7, 11) is 0. The van der Waals surface area contributed by atoms with E-state index in [2.05, 4.69) is 35.8 Å². The van der Waals surface area contributed by atoms with Crippen molar-refractivity contribution in [1.82, 2.24) is 9.80 Å². The first-order valence-corrected chi connectivity index (χ1v) is 14.3. The minimum absolute atomic E-state index is 0.0170. The van der Waals surface area contributed by atoms with Crippen LogP contribution in [0.3, 0.4) is 0 Å². The lowest BCUT2D eigenvalue weighted by molar-refractivity contribution is -0.0870. The van der Waals surface area contributed by atoms with Gasteiger partial charge in [-0.25, -0.2) is 4.79 Å². The first kappa shape index (κ1) is 23.5. The van der Waals surface area contributed by atoms with Gasteiger partial charge in [-0.2, -0.15) is 0 Å². The van der Waals surface area contributed by atoms with E-state index < -0.39 is 5.63 Å². The number of benzene rings is 1. The molecule has 3 saturated carbocycles. The Labute approximate surface area is 218 Å². The van der Waals surface area contributed by atoms with Gasteiger partial charge in [0.15, 0.2) is 0 Å². The SMILES string of the molecule is CCc1ccc(O)cc1C12CCN(CC3CC3)C(C)C13CCC1C2[C@@H](CN1C(=O)c1ccc(=O)oc1)C3. The molecule has 2 saturated heterocycles. The number of nitrogens with zero attached hydrogens (tertiary/aromatic N) is 2. The minimum atomic E-state index is -0.431. The monoisotopic (exact) mass is 502 g/mol. The highest BCUT2D eigenvalue weighted by molar-refractivity contribution is 5.94. The number of hydrogen-bond donors (Lipinski definition) is 1. The van der Waals surface area contributed by atoms with Crippen LogP contribution in [-0.2, 0) is 11.8 Å². The fraction of sp³-hybridized carbons (Fsp3) is 0.613. The van der Waals surface area contributed by atoms with Crippen molar-refractivity contribution in [3.05, 3.63) is 63.7 Å². The summed E-state index contributed by atoms with van der Waals surface area (Å²) in [5, 5.41) is 10.7. The third kappa shape index (κ3) is 3.20. The van der Waals surface area contributed by atoms with Crippen LogP contribution in [0.1, 0.15) is 73.9 Å². The number of carbonyl (C=O) groups is 1. The molecule has 2 aliphatic heterocycles. The number of aromatic hydroxyl groups is 1. The van der Waals surface area contributed by atoms with Crippen LogP contribution in [0.5, 0.6) is 5.75 Å². The summed E-state index contributed by atoms with van der Waals surface area (Å²) in [5.74, 6) is 2.04. The lowest BCUT2D eigenvalue weighted by atomic mass is 9.46. The molecule has 6 heteroatoms. The number of rotatable bonds is 5. The molecular weight excluding hydrogens is 464 g/mol. The van der Waals surface area contributed by atoms with E-state index in [4.69, 9.17) is 4.42 Å². The predicted molar refractivity (Wildman–Crippen MR) is 141 cm³/mol. The highest BCUT2D eigenvalue weighted by Crippen LogP contribution is 2.73. The average Bonchev–Trinajstić information content (AvgIpc) is 3.60. The van der Waals surface area contributed by atoms with Crippen molar-refractivity contribution in [3.8, 4) is 5.75 Å². The molecule has 1 aromatic carbocycles. The molecule has 37 heavy (non-hydrogen) atoms. The van der Waals surface area contributed by atoms with E-state index in [-0.39, 0.29) is 22.8 Å². The Kier molecular flexibility index (Phi) is 5.21. The van der Waals surface area contributed by atoms with Crippen LogP contribution in [0.2, 0.25) is 0 Å². The molecule has 0 radical (unpaired) electrons. The number of amides is 1. The van der Waals surface area contributed by atoms with Gasteiger partial charge in [-0.05, 0) is 111 Å². The maximum absolute atomic E-state index is 13.7. The van der Waals surface area contributed by atoms with E-state index in [1.165, 1.54) is 42.8 Å². The number of phenolic OH excluding ortho intramolecular Hbond substituents is 1. The number of piperidine rings is 1. The highest BCUT2D eigenvalue weighted by Gasteiger charge is 2.74. The molecule has 7 rings (SSSR count). The van der Waals surface area contributed by atoms with Crippen molar-refractivity contribution >= 4 is 5.91 Å². The van der Waals surface area contributed by atoms with E-state index >= 15 is 0 Å². The van der Waals surface area contributed by atoms with Crippen molar-refractivity contribution in [1.29, 1.82) is 0 Å². The fourth-order valence-electron chi connectivity index (χ4n) is 9.64. The number of likely N-dealkylation sites (tertiary alicyclic amines) is 2. The molecule has 5 unspecified atom stereocenters. The van der Waals surface area contributed by atoms with E-state index in [1.54, 1.807) is 6.07 Å². The molecule has 1 N–H and O–H groups in total. The van der Waals surface area contributed by atoms with E-state index in [1.807, 2.05) is 6.07 Å². The quantitative estimate of drug-likeness (QED) is 0.647. The molecule has 1 aromatic heterocycles. The van der Waals surface area contributed by atoms with Gasteiger partial charge in [0.2, 0.25) is 0 Å². The molecule has 1 amide bonds. The van der Waals surface area contributed by atoms with Crippen LogP contribution >= 0.6 is 0 Å². The second kappa shape index (κ2) is 8.20. The third-order valence-corrected chi connectivity index (χ3v) is 11.2. The van der Waals surface area contributed by atoms with Gasteiger partial charge in [0, 0.05) is 36.7 Å². The zero-order valence-electron chi connectivity index (χ0n) is 22.0. The Bertz CT molecular complexity index is 1280. The van der Waals surface area contributed by atoms with Gasteiger partial charge in [0.1, 0.15) is 12.0 Å². The summed E-state index contributed by atoms with van der Waals surface area (Å²) in [5.41, 5.74) is 2.86. The van der Waals surface area contributed by atoms with Gasteiger partial charge in [-0.1, -0.05) is 13.0 Å². The van der Waals surface area contributed by atoms with E-state index in [0.717, 1.165) is 51.1 Å². The molecule has 0 spiro atoms. The zero-order valence-corrected chi connectivity index (χ0v) is 22.0. The number of aryl methyl sites for hydroxylation is 1. The molecule has 6 atom stereocenters. The van der Waals surface area contributed by atoms with Crippen LogP contribution in [0.15, 0.2) is 45.8 Å². The Balaban J connectivity index is 1.34. The van der Waals surface area contributed by atoms with Crippen molar-refractivity contribution in [2.45, 2.75) is 76.3 Å². The van der Waals surface area contributed by atoms with E-state index in [0.29, 0.717) is 29.2 Å². The summed E-state index contributed by atoms with van der Waals surface area (Å²) < 4.78 is 5.06. The zero-order chi connectivity index (χ0) is 25.5. The summed E-state index contributed by atoms with van der Waals surface area (Å²) in [6.07, 6.45) is 9.39. The first-order chi connectivity index (χ1) is 17.9. The maximum Gasteiger partial charge on any atom is 0.335 e. The van der Waals surface area contributed by atoms with Crippen molar-refractivity contribution in [2.24, 2.45) is 23.2 Å². The topological polar surface area (TPSA) is 74.0 Å². The van der Waals surface area contributed by atoms with Crippen LogP contribution in [0.4, 0.5) is 0 Å². The molecule has 5 fully saturated rings. The standard InChI is InChI=1S/C31H38N2O4/c1-3-21-6-8-24(34)14-25(21)31-12-13-32(16-20-4-5-20)19(2)30(31)11-10-26-28(31)23(15-30)17-33(26)29(36)22-7-9-27(35)37-18-22/h6-9,14,18-20,23,26,28,34H,3-5,10-13,15-17H2,1-2H3/t19?,23-,26?,28?,30?,31?/m1/s1. The fourth-order valence-corrected chi connectivity index (χ4v) is 9.64. The lowest BCUT2D eigenvalue weighted by Crippen LogP contribution is -2.66. The normalized spacial score (nSPS) is 36.5. The second-order valence-electron chi connectivity index (χ2n) is 12.6. The first-order valence-electron chi connectivity index (χ1n) is 14.3.